The molecule has 21 heavy (non-hydrogen) atoms. The molecule has 5 heteroatoms. The van der Waals surface area contributed by atoms with E-state index < -0.39 is 17.3 Å². The van der Waals surface area contributed by atoms with Crippen LogP contribution in [0.4, 0.5) is 0 Å². The van der Waals surface area contributed by atoms with Crippen LogP contribution in [0.15, 0.2) is 0 Å². The molecule has 0 radical (unpaired) electrons. The first-order chi connectivity index (χ1) is 10.1. The maximum Gasteiger partial charge on any atom is 0.311 e. The van der Waals surface area contributed by atoms with E-state index in [1.54, 1.807) is 0 Å². The van der Waals surface area contributed by atoms with Crippen LogP contribution in [0.1, 0.15) is 57.8 Å². The van der Waals surface area contributed by atoms with Crippen molar-refractivity contribution in [1.29, 1.82) is 0 Å². The van der Waals surface area contributed by atoms with E-state index in [1.807, 2.05) is 0 Å². The molecule has 0 aromatic heterocycles. The van der Waals surface area contributed by atoms with Gasteiger partial charge in [0.05, 0.1) is 17.9 Å². The Bertz CT molecular complexity index is 378. The lowest BCUT2D eigenvalue weighted by Crippen LogP contribution is -2.50. The summed E-state index contributed by atoms with van der Waals surface area (Å²) in [6.45, 7) is 0.446. The van der Waals surface area contributed by atoms with Gasteiger partial charge in [-0.2, -0.15) is 0 Å². The zero-order chi connectivity index (χ0) is 15.3. The van der Waals surface area contributed by atoms with Crippen molar-refractivity contribution in [2.75, 3.05) is 13.2 Å². The third kappa shape index (κ3) is 3.57. The quantitative estimate of drug-likeness (QED) is 0.760. The number of carboxylic acid groups (broad SMARTS) is 1. The van der Waals surface area contributed by atoms with Crippen LogP contribution in [-0.2, 0) is 14.3 Å². The Morgan fingerprint density at radius 2 is 1.76 bits per heavy atom. The molecule has 2 fully saturated rings. The van der Waals surface area contributed by atoms with Gasteiger partial charge in [-0.05, 0) is 31.6 Å². The van der Waals surface area contributed by atoms with E-state index in [-0.39, 0.29) is 12.5 Å². The van der Waals surface area contributed by atoms with Gasteiger partial charge in [0.15, 0.2) is 0 Å². The monoisotopic (exact) mass is 297 g/mol. The lowest BCUT2D eigenvalue weighted by Gasteiger charge is -2.38. The Labute approximate surface area is 126 Å². The molecule has 120 valence electrons. The molecule has 0 amide bonds. The summed E-state index contributed by atoms with van der Waals surface area (Å²) in [7, 11) is 0. The van der Waals surface area contributed by atoms with Crippen LogP contribution in [0.5, 0.6) is 0 Å². The highest BCUT2D eigenvalue weighted by molar-refractivity contribution is 5.84. The Morgan fingerprint density at radius 3 is 2.38 bits per heavy atom. The van der Waals surface area contributed by atoms with Gasteiger partial charge in [0.1, 0.15) is 0 Å². The molecular weight excluding hydrogens is 270 g/mol. The topological polar surface area (TPSA) is 89.6 Å². The predicted octanol–water partition coefficient (Wildman–Crippen LogP) is 2.33. The number of aliphatic carboxylic acids is 1. The van der Waals surface area contributed by atoms with Crippen LogP contribution >= 0.6 is 0 Å². The smallest absolute Gasteiger partial charge is 0.311 e. The normalized spacial score (nSPS) is 30.8. The minimum Gasteiger partial charge on any atom is -0.481 e. The highest BCUT2D eigenvalue weighted by atomic mass is 16.5. The summed E-state index contributed by atoms with van der Waals surface area (Å²) < 4.78 is 5.47. The summed E-state index contributed by atoms with van der Waals surface area (Å²) in [5.41, 5.74) is 4.59. The van der Waals surface area contributed by atoms with Crippen molar-refractivity contribution in [2.24, 2.45) is 23.0 Å². The Morgan fingerprint density at radius 1 is 1.10 bits per heavy atom. The van der Waals surface area contributed by atoms with E-state index in [4.69, 9.17) is 10.5 Å². The van der Waals surface area contributed by atoms with E-state index in [2.05, 4.69) is 0 Å². The van der Waals surface area contributed by atoms with E-state index in [1.165, 1.54) is 19.3 Å². The fraction of sp³-hybridized carbons (Fsp3) is 0.875. The van der Waals surface area contributed by atoms with Gasteiger partial charge < -0.3 is 15.6 Å². The second-order valence-corrected chi connectivity index (χ2v) is 6.60. The number of hydrogen-bond acceptors (Lipinski definition) is 4. The molecule has 0 saturated heterocycles. The Balaban J connectivity index is 1.96. The molecule has 0 spiro atoms. The molecule has 2 atom stereocenters. The zero-order valence-corrected chi connectivity index (χ0v) is 12.7. The van der Waals surface area contributed by atoms with E-state index >= 15 is 0 Å². The largest absolute Gasteiger partial charge is 0.481 e. The van der Waals surface area contributed by atoms with Gasteiger partial charge in [-0.3, -0.25) is 9.59 Å². The predicted molar refractivity (Wildman–Crippen MR) is 78.6 cm³/mol. The van der Waals surface area contributed by atoms with Gasteiger partial charge in [-0.1, -0.05) is 32.1 Å². The number of nitrogens with two attached hydrogens (primary N) is 1. The highest BCUT2D eigenvalue weighted by Crippen LogP contribution is 2.41. The second-order valence-electron chi connectivity index (χ2n) is 6.60. The highest BCUT2D eigenvalue weighted by Gasteiger charge is 2.50. The summed E-state index contributed by atoms with van der Waals surface area (Å²) in [5, 5.41) is 9.54. The van der Waals surface area contributed by atoms with Crippen LogP contribution < -0.4 is 5.73 Å². The summed E-state index contributed by atoms with van der Waals surface area (Å²) in [4.78, 5) is 24.0. The van der Waals surface area contributed by atoms with Crippen LogP contribution in [-0.4, -0.2) is 30.2 Å². The van der Waals surface area contributed by atoms with Gasteiger partial charge in [0, 0.05) is 6.54 Å². The molecule has 2 unspecified atom stereocenters. The van der Waals surface area contributed by atoms with Crippen LogP contribution in [0.2, 0.25) is 0 Å². The average molecular weight is 297 g/mol. The minimum atomic E-state index is -1.12. The fourth-order valence-corrected chi connectivity index (χ4v) is 3.82. The van der Waals surface area contributed by atoms with Crippen molar-refractivity contribution in [3.63, 3.8) is 0 Å². The van der Waals surface area contributed by atoms with E-state index in [0.29, 0.717) is 25.4 Å². The van der Waals surface area contributed by atoms with Crippen molar-refractivity contribution < 1.29 is 19.4 Å². The molecule has 0 heterocycles. The summed E-state index contributed by atoms with van der Waals surface area (Å²) >= 11 is 0. The van der Waals surface area contributed by atoms with Crippen LogP contribution in [0.3, 0.4) is 0 Å². The van der Waals surface area contributed by atoms with Crippen molar-refractivity contribution in [3.05, 3.63) is 0 Å². The Hall–Kier alpha value is -1.10. The lowest BCUT2D eigenvalue weighted by molar-refractivity contribution is -0.169. The fourth-order valence-electron chi connectivity index (χ4n) is 3.82. The van der Waals surface area contributed by atoms with E-state index in [9.17, 15) is 14.7 Å². The van der Waals surface area contributed by atoms with Crippen molar-refractivity contribution in [3.8, 4) is 0 Å². The summed E-state index contributed by atoms with van der Waals surface area (Å²) in [5.74, 6) is -1.45. The lowest BCUT2D eigenvalue weighted by atomic mass is 9.66. The molecule has 3 N–H and O–H groups in total. The first kappa shape index (κ1) is 16.3. The first-order valence-corrected chi connectivity index (χ1v) is 8.20. The van der Waals surface area contributed by atoms with Gasteiger partial charge >= 0.3 is 11.9 Å². The summed E-state index contributed by atoms with van der Waals surface area (Å²) in [6, 6.07) is 0. The molecule has 5 nitrogen and oxygen atoms in total. The molecule has 2 aliphatic carbocycles. The molecule has 2 saturated carbocycles. The number of esters is 1. The average Bonchev–Trinajstić information content (AvgIpc) is 2.53. The number of rotatable bonds is 5. The number of carboxylic acids is 1. The number of carbonyl (C=O) groups excluding carboxylic acids is 1. The molecule has 0 bridgehead atoms. The van der Waals surface area contributed by atoms with Crippen molar-refractivity contribution in [1.82, 2.24) is 0 Å². The molecule has 0 aliphatic heterocycles. The molecule has 2 aliphatic rings. The number of hydrogen-bond donors (Lipinski definition) is 2. The molecule has 2 rings (SSSR count). The SMILES string of the molecule is NCC1(C(=O)O)CCCCC1C(=O)OCC1CCCCC1. The third-order valence-corrected chi connectivity index (χ3v) is 5.29. The van der Waals surface area contributed by atoms with Crippen molar-refractivity contribution in [2.45, 2.75) is 57.8 Å². The van der Waals surface area contributed by atoms with Crippen LogP contribution in [0.25, 0.3) is 0 Å². The molecular formula is C16H27NO4. The maximum atomic E-state index is 12.4. The Kier molecular flexibility index (Phi) is 5.62. The van der Waals surface area contributed by atoms with E-state index in [0.717, 1.165) is 25.7 Å². The van der Waals surface area contributed by atoms with Gasteiger partial charge in [0.2, 0.25) is 0 Å². The third-order valence-electron chi connectivity index (χ3n) is 5.29. The zero-order valence-electron chi connectivity index (χ0n) is 12.7. The second kappa shape index (κ2) is 7.25. The van der Waals surface area contributed by atoms with Gasteiger partial charge in [-0.25, -0.2) is 0 Å². The maximum absolute atomic E-state index is 12.4. The number of ether oxygens (including phenoxy) is 1. The minimum absolute atomic E-state index is 0.00548. The van der Waals surface area contributed by atoms with Crippen LogP contribution in [0, 0.1) is 17.3 Å². The first-order valence-electron chi connectivity index (χ1n) is 8.20. The number of carbonyl (C=O) groups is 2. The molecule has 0 aromatic carbocycles. The standard InChI is InChI=1S/C16H27NO4/c17-11-16(15(19)20)9-5-4-8-13(16)14(18)21-10-12-6-2-1-3-7-12/h12-13H,1-11,17H2,(H,19,20). The van der Waals surface area contributed by atoms with Gasteiger partial charge in [0.25, 0.3) is 0 Å². The summed E-state index contributed by atoms with van der Waals surface area (Å²) in [6.07, 6.45) is 8.63. The van der Waals surface area contributed by atoms with Gasteiger partial charge in [-0.15, -0.1) is 0 Å². The molecule has 0 aromatic rings. The van der Waals surface area contributed by atoms with Crippen molar-refractivity contribution >= 4 is 11.9 Å².